The number of hydrogen-bond acceptors (Lipinski definition) is 3. The predicted molar refractivity (Wildman–Crippen MR) is 61.9 cm³/mol. The highest BCUT2D eigenvalue weighted by atomic mass is 16.5. The van der Waals surface area contributed by atoms with Gasteiger partial charge in [0.1, 0.15) is 6.61 Å². The molecular weight excluding hydrogens is 204 g/mol. The molecule has 0 aromatic heterocycles. The lowest BCUT2D eigenvalue weighted by molar-refractivity contribution is 0.0616. The number of hydrogen-bond donors (Lipinski definition) is 1. The second kappa shape index (κ2) is 7.89. The largest absolute Gasteiger partial charge is 0.384 e. The predicted octanol–water partition coefficient (Wildman–Crippen LogP) is 1.19. The van der Waals surface area contributed by atoms with Gasteiger partial charge in [-0.2, -0.15) is 0 Å². The van der Waals surface area contributed by atoms with Crippen LogP contribution in [0.15, 0.2) is 24.3 Å². The van der Waals surface area contributed by atoms with Crippen molar-refractivity contribution in [2.75, 3.05) is 26.9 Å². The first-order chi connectivity index (χ1) is 7.86. The molecule has 16 heavy (non-hydrogen) atoms. The van der Waals surface area contributed by atoms with Crippen molar-refractivity contribution in [1.29, 1.82) is 0 Å². The van der Waals surface area contributed by atoms with Gasteiger partial charge in [0.2, 0.25) is 0 Å². The minimum atomic E-state index is -0.117. The number of benzene rings is 1. The summed E-state index contributed by atoms with van der Waals surface area (Å²) in [5.74, 6) is 5.47. The van der Waals surface area contributed by atoms with E-state index < -0.39 is 0 Å². The highest BCUT2D eigenvalue weighted by Gasteiger charge is 1.94. The fraction of sp³-hybridized carbons (Fsp3) is 0.385. The zero-order chi connectivity index (χ0) is 11.6. The van der Waals surface area contributed by atoms with E-state index in [2.05, 4.69) is 11.8 Å². The number of aliphatic hydroxyl groups excluding tert-OH is 1. The van der Waals surface area contributed by atoms with Crippen molar-refractivity contribution in [3.8, 4) is 11.8 Å². The van der Waals surface area contributed by atoms with Crippen molar-refractivity contribution in [3.05, 3.63) is 35.4 Å². The molecule has 0 aliphatic carbocycles. The molecule has 0 saturated carbocycles. The molecule has 86 valence electrons. The Bertz CT molecular complexity index is 363. The van der Waals surface area contributed by atoms with E-state index in [1.54, 1.807) is 7.11 Å². The van der Waals surface area contributed by atoms with Crippen molar-refractivity contribution < 1.29 is 14.6 Å². The van der Waals surface area contributed by atoms with E-state index in [1.165, 1.54) is 0 Å². The first-order valence-corrected chi connectivity index (χ1v) is 5.12. The number of aliphatic hydroxyl groups is 1. The molecule has 0 saturated heterocycles. The Balaban J connectivity index is 2.47. The van der Waals surface area contributed by atoms with E-state index in [-0.39, 0.29) is 6.61 Å². The molecule has 0 radical (unpaired) electrons. The average Bonchev–Trinajstić information content (AvgIpc) is 2.33. The van der Waals surface area contributed by atoms with Crippen molar-refractivity contribution in [3.63, 3.8) is 0 Å². The van der Waals surface area contributed by atoms with Crippen LogP contribution >= 0.6 is 0 Å². The second-order valence-electron chi connectivity index (χ2n) is 3.21. The SMILES string of the molecule is COCCOCc1cccc(C#CCO)c1. The molecule has 1 aromatic rings. The maximum absolute atomic E-state index is 8.59. The maximum atomic E-state index is 8.59. The first-order valence-electron chi connectivity index (χ1n) is 5.12. The summed E-state index contributed by atoms with van der Waals surface area (Å²) in [7, 11) is 1.65. The normalized spacial score (nSPS) is 9.62. The van der Waals surface area contributed by atoms with Crippen LogP contribution in [0.3, 0.4) is 0 Å². The molecule has 3 heteroatoms. The molecule has 0 unspecified atom stereocenters. The van der Waals surface area contributed by atoms with Gasteiger partial charge in [-0.25, -0.2) is 0 Å². The van der Waals surface area contributed by atoms with Gasteiger partial charge < -0.3 is 14.6 Å². The maximum Gasteiger partial charge on any atom is 0.104 e. The van der Waals surface area contributed by atoms with Gasteiger partial charge in [-0.15, -0.1) is 0 Å². The summed E-state index contributed by atoms with van der Waals surface area (Å²) in [5, 5.41) is 8.59. The molecule has 0 heterocycles. The summed E-state index contributed by atoms with van der Waals surface area (Å²) >= 11 is 0. The molecule has 0 atom stereocenters. The van der Waals surface area contributed by atoms with E-state index in [1.807, 2.05) is 24.3 Å². The van der Waals surface area contributed by atoms with Gasteiger partial charge in [0.05, 0.1) is 19.8 Å². The van der Waals surface area contributed by atoms with Gasteiger partial charge >= 0.3 is 0 Å². The van der Waals surface area contributed by atoms with Crippen LogP contribution in [0.25, 0.3) is 0 Å². The highest BCUT2D eigenvalue weighted by Crippen LogP contribution is 2.05. The molecule has 0 amide bonds. The third kappa shape index (κ3) is 4.94. The van der Waals surface area contributed by atoms with Crippen LogP contribution in [0, 0.1) is 11.8 Å². The Morgan fingerprint density at radius 1 is 1.31 bits per heavy atom. The zero-order valence-corrected chi connectivity index (χ0v) is 9.40. The standard InChI is InChI=1S/C13H16O3/c1-15-8-9-16-11-13-5-2-4-12(10-13)6-3-7-14/h2,4-5,10,14H,7-9,11H2,1H3. The van der Waals surface area contributed by atoms with Gasteiger partial charge in [-0.05, 0) is 17.7 Å². The van der Waals surface area contributed by atoms with Crippen LogP contribution in [0.2, 0.25) is 0 Å². The van der Waals surface area contributed by atoms with Gasteiger partial charge in [0, 0.05) is 12.7 Å². The minimum Gasteiger partial charge on any atom is -0.384 e. The molecule has 0 bridgehead atoms. The van der Waals surface area contributed by atoms with Gasteiger partial charge in [-0.1, -0.05) is 24.0 Å². The van der Waals surface area contributed by atoms with Gasteiger partial charge in [0.25, 0.3) is 0 Å². The molecule has 1 N–H and O–H groups in total. The molecule has 0 aliphatic heterocycles. The summed E-state index contributed by atoms with van der Waals surface area (Å²) in [6.07, 6.45) is 0. The molecule has 3 nitrogen and oxygen atoms in total. The highest BCUT2D eigenvalue weighted by molar-refractivity contribution is 5.36. The fourth-order valence-corrected chi connectivity index (χ4v) is 1.21. The summed E-state index contributed by atoms with van der Waals surface area (Å²) in [4.78, 5) is 0. The van der Waals surface area contributed by atoms with Crippen LogP contribution in [0.4, 0.5) is 0 Å². The zero-order valence-electron chi connectivity index (χ0n) is 9.40. The summed E-state index contributed by atoms with van der Waals surface area (Å²) in [6, 6.07) is 7.77. The molecule has 1 rings (SSSR count). The molecule has 0 aliphatic rings. The smallest absolute Gasteiger partial charge is 0.104 e. The molecule has 0 spiro atoms. The average molecular weight is 220 g/mol. The Morgan fingerprint density at radius 3 is 2.94 bits per heavy atom. The van der Waals surface area contributed by atoms with Crippen molar-refractivity contribution in [2.24, 2.45) is 0 Å². The summed E-state index contributed by atoms with van der Waals surface area (Å²) < 4.78 is 10.3. The van der Waals surface area contributed by atoms with Gasteiger partial charge in [0.15, 0.2) is 0 Å². The third-order valence-electron chi connectivity index (χ3n) is 1.94. The van der Waals surface area contributed by atoms with Crippen LogP contribution in [-0.2, 0) is 16.1 Å². The number of ether oxygens (including phenoxy) is 2. The summed E-state index contributed by atoms with van der Waals surface area (Å²) in [5.41, 5.74) is 1.96. The second-order valence-corrected chi connectivity index (χ2v) is 3.21. The van der Waals surface area contributed by atoms with E-state index >= 15 is 0 Å². The molecular formula is C13H16O3. The lowest BCUT2D eigenvalue weighted by Crippen LogP contribution is -2.01. The van der Waals surface area contributed by atoms with E-state index in [0.717, 1.165) is 11.1 Å². The van der Waals surface area contributed by atoms with Crippen LogP contribution in [-0.4, -0.2) is 32.0 Å². The minimum absolute atomic E-state index is 0.117. The Morgan fingerprint density at radius 2 is 2.19 bits per heavy atom. The van der Waals surface area contributed by atoms with E-state index in [9.17, 15) is 0 Å². The fourth-order valence-electron chi connectivity index (χ4n) is 1.21. The monoisotopic (exact) mass is 220 g/mol. The molecule has 1 aromatic carbocycles. The third-order valence-corrected chi connectivity index (χ3v) is 1.94. The number of methoxy groups -OCH3 is 1. The lowest BCUT2D eigenvalue weighted by Gasteiger charge is -2.03. The van der Waals surface area contributed by atoms with E-state index in [0.29, 0.717) is 19.8 Å². The Hall–Kier alpha value is -1.34. The van der Waals surface area contributed by atoms with Crippen LogP contribution < -0.4 is 0 Å². The van der Waals surface area contributed by atoms with Crippen molar-refractivity contribution in [2.45, 2.75) is 6.61 Å². The summed E-state index contributed by atoms with van der Waals surface area (Å²) in [6.45, 7) is 1.62. The van der Waals surface area contributed by atoms with Crippen molar-refractivity contribution in [1.82, 2.24) is 0 Å². The Labute approximate surface area is 96.0 Å². The van der Waals surface area contributed by atoms with Crippen LogP contribution in [0.1, 0.15) is 11.1 Å². The molecule has 0 fully saturated rings. The Kier molecular flexibility index (Phi) is 6.28. The van der Waals surface area contributed by atoms with E-state index in [4.69, 9.17) is 14.6 Å². The quantitative estimate of drug-likeness (QED) is 0.598. The first kappa shape index (κ1) is 12.7. The number of rotatable bonds is 5. The topological polar surface area (TPSA) is 38.7 Å². The van der Waals surface area contributed by atoms with Gasteiger partial charge in [-0.3, -0.25) is 0 Å². The lowest BCUT2D eigenvalue weighted by atomic mass is 10.1. The van der Waals surface area contributed by atoms with Crippen molar-refractivity contribution >= 4 is 0 Å². The van der Waals surface area contributed by atoms with Crippen LogP contribution in [0.5, 0.6) is 0 Å².